The minimum Gasteiger partial charge on any atom is -0.490 e. The molecular formula is C10H11NO2. The Morgan fingerprint density at radius 1 is 1.38 bits per heavy atom. The number of nitrogens with one attached hydrogen (secondary N) is 1. The van der Waals surface area contributed by atoms with Crippen LogP contribution in [0.25, 0.3) is 0 Å². The smallest absolute Gasteiger partial charge is 0.211 e. The lowest BCUT2D eigenvalue weighted by molar-refractivity contribution is -0.105. The summed E-state index contributed by atoms with van der Waals surface area (Å²) >= 11 is 0. The topological polar surface area (TPSA) is 38.3 Å². The third kappa shape index (κ3) is 2.99. The van der Waals surface area contributed by atoms with Gasteiger partial charge in [0.25, 0.3) is 0 Å². The molecule has 68 valence electrons. The number of rotatable bonds is 5. The first kappa shape index (κ1) is 9.32. The Bertz CT molecular complexity index is 279. The Balaban J connectivity index is 2.58. The highest BCUT2D eigenvalue weighted by molar-refractivity contribution is 5.71. The molecule has 0 fully saturated rings. The van der Waals surface area contributed by atoms with E-state index in [0.29, 0.717) is 13.0 Å². The van der Waals surface area contributed by atoms with E-state index in [4.69, 9.17) is 4.74 Å². The SMILES string of the molecule is C=CCOc1ccc(NC=O)cc1. The van der Waals surface area contributed by atoms with Crippen LogP contribution in [0.3, 0.4) is 0 Å². The van der Waals surface area contributed by atoms with Crippen LogP contribution in [0.15, 0.2) is 36.9 Å². The van der Waals surface area contributed by atoms with Crippen LogP contribution in [0.1, 0.15) is 0 Å². The van der Waals surface area contributed by atoms with E-state index in [1.54, 1.807) is 30.3 Å². The van der Waals surface area contributed by atoms with Crippen molar-refractivity contribution in [3.05, 3.63) is 36.9 Å². The zero-order valence-electron chi connectivity index (χ0n) is 7.19. The van der Waals surface area contributed by atoms with Crippen molar-refractivity contribution in [2.75, 3.05) is 11.9 Å². The highest BCUT2D eigenvalue weighted by Gasteiger charge is 1.92. The maximum absolute atomic E-state index is 10.1. The maximum atomic E-state index is 10.1. The van der Waals surface area contributed by atoms with Crippen LogP contribution in [-0.4, -0.2) is 13.0 Å². The summed E-state index contributed by atoms with van der Waals surface area (Å²) in [5.41, 5.74) is 0.751. The fraction of sp³-hybridized carbons (Fsp3) is 0.100. The normalized spacial score (nSPS) is 8.92. The second-order valence-corrected chi connectivity index (χ2v) is 2.39. The van der Waals surface area contributed by atoms with Crippen molar-refractivity contribution < 1.29 is 9.53 Å². The quantitative estimate of drug-likeness (QED) is 0.550. The van der Waals surface area contributed by atoms with Gasteiger partial charge in [0.15, 0.2) is 0 Å². The molecule has 0 atom stereocenters. The van der Waals surface area contributed by atoms with Gasteiger partial charge in [-0.25, -0.2) is 0 Å². The van der Waals surface area contributed by atoms with Gasteiger partial charge in [-0.05, 0) is 24.3 Å². The zero-order chi connectivity index (χ0) is 9.52. The van der Waals surface area contributed by atoms with Crippen LogP contribution in [-0.2, 0) is 4.79 Å². The van der Waals surface area contributed by atoms with Crippen molar-refractivity contribution in [3.63, 3.8) is 0 Å². The van der Waals surface area contributed by atoms with Gasteiger partial charge in [0, 0.05) is 5.69 Å². The van der Waals surface area contributed by atoms with Crippen molar-refractivity contribution in [2.24, 2.45) is 0 Å². The minimum atomic E-state index is 0.487. The van der Waals surface area contributed by atoms with Gasteiger partial charge in [0.2, 0.25) is 6.41 Å². The third-order valence-electron chi connectivity index (χ3n) is 1.45. The standard InChI is InChI=1S/C10H11NO2/c1-2-7-13-10-5-3-9(4-6-10)11-8-12/h2-6,8H,1,7H2,(H,11,12). The van der Waals surface area contributed by atoms with Crippen molar-refractivity contribution in [2.45, 2.75) is 0 Å². The molecule has 0 spiro atoms. The summed E-state index contributed by atoms with van der Waals surface area (Å²) in [7, 11) is 0. The van der Waals surface area contributed by atoms with E-state index in [0.717, 1.165) is 11.4 Å². The Morgan fingerprint density at radius 3 is 2.62 bits per heavy atom. The molecule has 0 saturated carbocycles. The van der Waals surface area contributed by atoms with Crippen LogP contribution >= 0.6 is 0 Å². The molecule has 0 aliphatic rings. The van der Waals surface area contributed by atoms with Gasteiger partial charge in [0.1, 0.15) is 12.4 Å². The Hall–Kier alpha value is -1.77. The predicted octanol–water partition coefficient (Wildman–Crippen LogP) is 1.82. The fourth-order valence-electron chi connectivity index (χ4n) is 0.871. The third-order valence-corrected chi connectivity index (χ3v) is 1.45. The molecule has 3 heteroatoms. The molecule has 1 aromatic rings. The lowest BCUT2D eigenvalue weighted by Crippen LogP contribution is -1.95. The Labute approximate surface area is 77.0 Å². The van der Waals surface area contributed by atoms with Gasteiger partial charge in [0.05, 0.1) is 0 Å². The molecule has 1 amide bonds. The van der Waals surface area contributed by atoms with Gasteiger partial charge in [-0.15, -0.1) is 0 Å². The minimum absolute atomic E-state index is 0.487. The van der Waals surface area contributed by atoms with Gasteiger partial charge in [-0.1, -0.05) is 12.7 Å². The maximum Gasteiger partial charge on any atom is 0.211 e. The molecule has 0 aliphatic carbocycles. The second-order valence-electron chi connectivity index (χ2n) is 2.39. The number of carbonyl (C=O) groups is 1. The average molecular weight is 177 g/mol. The van der Waals surface area contributed by atoms with E-state index in [1.807, 2.05) is 0 Å². The average Bonchev–Trinajstić information content (AvgIpc) is 2.17. The molecule has 0 heterocycles. The first-order valence-electron chi connectivity index (χ1n) is 3.91. The summed E-state index contributed by atoms with van der Waals surface area (Å²) in [5, 5.41) is 2.53. The van der Waals surface area contributed by atoms with E-state index >= 15 is 0 Å². The largest absolute Gasteiger partial charge is 0.490 e. The van der Waals surface area contributed by atoms with Crippen LogP contribution < -0.4 is 10.1 Å². The molecule has 3 nitrogen and oxygen atoms in total. The van der Waals surface area contributed by atoms with Crippen molar-refractivity contribution in [1.29, 1.82) is 0 Å². The van der Waals surface area contributed by atoms with Gasteiger partial charge < -0.3 is 10.1 Å². The molecule has 0 radical (unpaired) electrons. The summed E-state index contributed by atoms with van der Waals surface area (Å²) in [6.45, 7) is 4.03. The number of anilines is 1. The summed E-state index contributed by atoms with van der Waals surface area (Å²) < 4.78 is 5.25. The Kier molecular flexibility index (Phi) is 3.57. The molecule has 1 N–H and O–H groups in total. The lowest BCUT2D eigenvalue weighted by atomic mass is 10.3. The molecule has 13 heavy (non-hydrogen) atoms. The number of amides is 1. The van der Waals surface area contributed by atoms with E-state index in [9.17, 15) is 4.79 Å². The molecular weight excluding hydrogens is 166 g/mol. The summed E-state index contributed by atoms with van der Waals surface area (Å²) in [6, 6.07) is 7.12. The molecule has 0 saturated heterocycles. The number of ether oxygens (including phenoxy) is 1. The van der Waals surface area contributed by atoms with E-state index in [2.05, 4.69) is 11.9 Å². The van der Waals surface area contributed by atoms with Crippen LogP contribution in [0.4, 0.5) is 5.69 Å². The van der Waals surface area contributed by atoms with Crippen molar-refractivity contribution in [1.82, 2.24) is 0 Å². The number of benzene rings is 1. The number of hydrogen-bond donors (Lipinski definition) is 1. The molecule has 0 aromatic heterocycles. The van der Waals surface area contributed by atoms with Crippen molar-refractivity contribution in [3.8, 4) is 5.75 Å². The Morgan fingerprint density at radius 2 is 2.08 bits per heavy atom. The molecule has 0 aliphatic heterocycles. The van der Waals surface area contributed by atoms with Crippen molar-refractivity contribution >= 4 is 12.1 Å². The van der Waals surface area contributed by atoms with Crippen LogP contribution in [0.5, 0.6) is 5.75 Å². The second kappa shape index (κ2) is 4.98. The molecule has 1 aromatic carbocycles. The van der Waals surface area contributed by atoms with Gasteiger partial charge in [-0.3, -0.25) is 4.79 Å². The van der Waals surface area contributed by atoms with E-state index in [-0.39, 0.29) is 0 Å². The highest BCUT2D eigenvalue weighted by Crippen LogP contribution is 2.14. The first-order valence-corrected chi connectivity index (χ1v) is 3.91. The first-order chi connectivity index (χ1) is 6.36. The van der Waals surface area contributed by atoms with Crippen LogP contribution in [0, 0.1) is 0 Å². The van der Waals surface area contributed by atoms with E-state index < -0.39 is 0 Å². The zero-order valence-corrected chi connectivity index (χ0v) is 7.19. The highest BCUT2D eigenvalue weighted by atomic mass is 16.5. The lowest BCUT2D eigenvalue weighted by Gasteiger charge is -2.03. The predicted molar refractivity (Wildman–Crippen MR) is 51.8 cm³/mol. The molecule has 0 unspecified atom stereocenters. The van der Waals surface area contributed by atoms with E-state index in [1.165, 1.54) is 0 Å². The van der Waals surface area contributed by atoms with Gasteiger partial charge >= 0.3 is 0 Å². The van der Waals surface area contributed by atoms with Gasteiger partial charge in [-0.2, -0.15) is 0 Å². The summed E-state index contributed by atoms with van der Waals surface area (Å²) in [6.07, 6.45) is 2.32. The molecule has 0 bridgehead atoms. The summed E-state index contributed by atoms with van der Waals surface area (Å²) in [5.74, 6) is 0.761. The van der Waals surface area contributed by atoms with Crippen LogP contribution in [0.2, 0.25) is 0 Å². The fourth-order valence-corrected chi connectivity index (χ4v) is 0.871. The number of carbonyl (C=O) groups excluding carboxylic acids is 1. The molecule has 1 rings (SSSR count). The summed E-state index contributed by atoms with van der Waals surface area (Å²) in [4.78, 5) is 10.1. The monoisotopic (exact) mass is 177 g/mol. The number of hydrogen-bond acceptors (Lipinski definition) is 2.